The van der Waals surface area contributed by atoms with Crippen LogP contribution >= 0.6 is 34.5 Å². The fraction of sp³-hybridized carbons (Fsp3) is 0.450. The molecule has 1 saturated heterocycles. The lowest BCUT2D eigenvalue weighted by Gasteiger charge is -2.38. The summed E-state index contributed by atoms with van der Waals surface area (Å²) in [5.74, 6) is 0. The fourth-order valence-corrected chi connectivity index (χ4v) is 4.02. The number of halogens is 2. The lowest BCUT2D eigenvalue weighted by molar-refractivity contribution is 0.315. The van der Waals surface area contributed by atoms with Crippen LogP contribution in [0.25, 0.3) is 0 Å². The van der Waals surface area contributed by atoms with E-state index >= 15 is 0 Å². The van der Waals surface area contributed by atoms with Crippen LogP contribution in [0.1, 0.15) is 31.0 Å². The summed E-state index contributed by atoms with van der Waals surface area (Å²) in [7, 11) is 0. The molecule has 1 fully saturated rings. The number of rotatable bonds is 4. The molecule has 1 aromatic heterocycles. The maximum absolute atomic E-state index is 6.23. The van der Waals surface area contributed by atoms with Gasteiger partial charge in [-0.15, -0.1) is 11.3 Å². The van der Waals surface area contributed by atoms with E-state index in [9.17, 15) is 0 Å². The lowest BCUT2D eigenvalue weighted by atomic mass is 10.2. The molecule has 0 unspecified atom stereocenters. The first-order valence-corrected chi connectivity index (χ1v) is 10.6. The van der Waals surface area contributed by atoms with Crippen LogP contribution in [-0.4, -0.2) is 36.1 Å². The molecule has 1 aliphatic rings. The summed E-state index contributed by atoms with van der Waals surface area (Å²) in [6.45, 7) is 14.3. The molecule has 0 bridgehead atoms. The van der Waals surface area contributed by atoms with Crippen LogP contribution in [-0.2, 0) is 6.42 Å². The van der Waals surface area contributed by atoms with Crippen molar-refractivity contribution in [2.75, 3.05) is 31.1 Å². The van der Waals surface area contributed by atoms with Crippen molar-refractivity contribution >= 4 is 40.2 Å². The maximum atomic E-state index is 6.23. The van der Waals surface area contributed by atoms with E-state index in [-0.39, 0.29) is 0 Å². The number of allylic oxidation sites excluding steroid dienone is 1. The predicted molar refractivity (Wildman–Crippen MR) is 116 cm³/mol. The van der Waals surface area contributed by atoms with Gasteiger partial charge in [-0.1, -0.05) is 43.6 Å². The number of hydrogen-bond acceptors (Lipinski definition) is 4. The second kappa shape index (κ2) is 10.2. The van der Waals surface area contributed by atoms with Crippen molar-refractivity contribution in [3.8, 4) is 0 Å². The number of nitrogens with zero attached hydrogens (tertiary/aromatic N) is 3. The van der Waals surface area contributed by atoms with Gasteiger partial charge < -0.3 is 9.80 Å². The van der Waals surface area contributed by atoms with Gasteiger partial charge in [-0.3, -0.25) is 0 Å². The molecule has 3 rings (SSSR count). The van der Waals surface area contributed by atoms with Crippen LogP contribution in [0.2, 0.25) is 10.0 Å². The third-order valence-electron chi connectivity index (χ3n) is 4.41. The molecule has 0 saturated carbocycles. The summed E-state index contributed by atoms with van der Waals surface area (Å²) >= 11 is 13.9. The van der Waals surface area contributed by atoms with E-state index in [1.165, 1.54) is 16.4 Å². The Bertz CT molecular complexity index is 722. The van der Waals surface area contributed by atoms with Crippen molar-refractivity contribution in [2.24, 2.45) is 0 Å². The van der Waals surface area contributed by atoms with Gasteiger partial charge in [0.2, 0.25) is 0 Å². The van der Waals surface area contributed by atoms with Gasteiger partial charge in [-0.05, 0) is 38.0 Å². The Kier molecular flexibility index (Phi) is 8.26. The van der Waals surface area contributed by atoms with E-state index in [1.54, 1.807) is 17.4 Å². The molecule has 0 amide bonds. The summed E-state index contributed by atoms with van der Waals surface area (Å²) in [6, 6.07) is 5.69. The molecule has 0 radical (unpaired) electrons. The predicted octanol–water partition coefficient (Wildman–Crippen LogP) is 6.05. The van der Waals surface area contributed by atoms with Gasteiger partial charge in [-0.2, -0.15) is 0 Å². The highest BCUT2D eigenvalue weighted by Gasteiger charge is 2.19. The summed E-state index contributed by atoms with van der Waals surface area (Å²) in [4.78, 5) is 8.90. The zero-order chi connectivity index (χ0) is 19.1. The Morgan fingerprint density at radius 1 is 1.19 bits per heavy atom. The molecule has 26 heavy (non-hydrogen) atoms. The van der Waals surface area contributed by atoms with Crippen molar-refractivity contribution in [2.45, 2.75) is 33.6 Å². The number of anilines is 1. The molecule has 2 aromatic rings. The molecule has 1 aromatic carbocycles. The minimum Gasteiger partial charge on any atom is -0.372 e. The fourth-order valence-electron chi connectivity index (χ4n) is 2.80. The Hall–Kier alpha value is -1.23. The zero-order valence-electron chi connectivity index (χ0n) is 15.8. The van der Waals surface area contributed by atoms with E-state index < -0.39 is 0 Å². The first kappa shape index (κ1) is 21.1. The lowest BCUT2D eigenvalue weighted by Crippen LogP contribution is -2.45. The van der Waals surface area contributed by atoms with Crippen LogP contribution in [0, 0.1) is 6.92 Å². The third kappa shape index (κ3) is 5.90. The normalized spacial score (nSPS) is 14.0. The van der Waals surface area contributed by atoms with Crippen LogP contribution in [0.5, 0.6) is 0 Å². The molecule has 0 aliphatic carbocycles. The standard InChI is InChI=1S/C14H18Cl2N2.C6H9NS/c1-3-11(2)17-6-8-18(9-7-17)14-5-4-12(15)10-13(14)16;1-3-6-4-8-5(2)7-6/h4-5,10H,2-3,6-9H2,1H3;4H,3H2,1-2H3. The van der Waals surface area contributed by atoms with Crippen molar-refractivity contribution in [3.63, 3.8) is 0 Å². The monoisotopic (exact) mass is 411 g/mol. The van der Waals surface area contributed by atoms with Gasteiger partial charge in [0.05, 0.1) is 21.4 Å². The number of hydrogen-bond donors (Lipinski definition) is 0. The summed E-state index contributed by atoms with van der Waals surface area (Å²) in [5.41, 5.74) is 3.51. The Morgan fingerprint density at radius 3 is 2.35 bits per heavy atom. The zero-order valence-corrected chi connectivity index (χ0v) is 18.1. The summed E-state index contributed by atoms with van der Waals surface area (Å²) in [6.07, 6.45) is 2.08. The molecular weight excluding hydrogens is 385 g/mol. The molecule has 0 spiro atoms. The van der Waals surface area contributed by atoms with Gasteiger partial charge in [0.15, 0.2) is 0 Å². The molecule has 3 nitrogen and oxygen atoms in total. The summed E-state index contributed by atoms with van der Waals surface area (Å²) < 4.78 is 0. The molecule has 6 heteroatoms. The Labute approximate surface area is 171 Å². The molecule has 0 N–H and O–H groups in total. The minimum absolute atomic E-state index is 0.682. The number of thiazole rings is 1. The second-order valence-electron chi connectivity index (χ2n) is 6.20. The number of aromatic nitrogens is 1. The second-order valence-corrected chi connectivity index (χ2v) is 8.11. The van der Waals surface area contributed by atoms with E-state index in [4.69, 9.17) is 23.2 Å². The van der Waals surface area contributed by atoms with Crippen LogP contribution in [0.4, 0.5) is 5.69 Å². The van der Waals surface area contributed by atoms with Gasteiger partial charge in [-0.25, -0.2) is 4.98 Å². The molecule has 1 aliphatic heterocycles. The quantitative estimate of drug-likeness (QED) is 0.609. The van der Waals surface area contributed by atoms with Gasteiger partial charge >= 0.3 is 0 Å². The average Bonchev–Trinajstić information content (AvgIpc) is 3.07. The van der Waals surface area contributed by atoms with Crippen molar-refractivity contribution in [3.05, 3.63) is 56.6 Å². The van der Waals surface area contributed by atoms with Crippen LogP contribution < -0.4 is 4.90 Å². The Morgan fingerprint density at radius 2 is 1.88 bits per heavy atom. The minimum atomic E-state index is 0.682. The SMILES string of the molecule is C=C(CC)N1CCN(c2ccc(Cl)cc2Cl)CC1.CCc1csc(C)n1. The first-order chi connectivity index (χ1) is 12.4. The number of benzene rings is 1. The van der Waals surface area contributed by atoms with Crippen LogP contribution in [0.3, 0.4) is 0 Å². The van der Waals surface area contributed by atoms with Gasteiger partial charge in [0.1, 0.15) is 0 Å². The van der Waals surface area contributed by atoms with Gasteiger partial charge in [0.25, 0.3) is 0 Å². The van der Waals surface area contributed by atoms with Crippen LogP contribution in [0.15, 0.2) is 35.9 Å². The largest absolute Gasteiger partial charge is 0.372 e. The molecule has 2 heterocycles. The third-order valence-corrected chi connectivity index (χ3v) is 5.77. The maximum Gasteiger partial charge on any atom is 0.0897 e. The summed E-state index contributed by atoms with van der Waals surface area (Å²) in [5, 5.41) is 4.68. The van der Waals surface area contributed by atoms with Crippen molar-refractivity contribution in [1.29, 1.82) is 0 Å². The molecule has 0 atom stereocenters. The van der Waals surface area contributed by atoms with E-state index in [0.29, 0.717) is 5.02 Å². The highest BCUT2D eigenvalue weighted by molar-refractivity contribution is 7.09. The van der Waals surface area contributed by atoms with Crippen molar-refractivity contribution in [1.82, 2.24) is 9.88 Å². The topological polar surface area (TPSA) is 19.4 Å². The smallest absolute Gasteiger partial charge is 0.0897 e. The van der Waals surface area contributed by atoms with E-state index in [0.717, 1.165) is 49.7 Å². The molecular formula is C20H27Cl2N3S. The highest BCUT2D eigenvalue weighted by Crippen LogP contribution is 2.29. The first-order valence-electron chi connectivity index (χ1n) is 8.98. The Balaban J connectivity index is 0.000000254. The van der Waals surface area contributed by atoms with E-state index in [2.05, 4.69) is 40.6 Å². The average molecular weight is 412 g/mol. The van der Waals surface area contributed by atoms with Crippen molar-refractivity contribution < 1.29 is 0 Å². The van der Waals surface area contributed by atoms with Gasteiger partial charge in [0, 0.05) is 42.3 Å². The highest BCUT2D eigenvalue weighted by atomic mass is 35.5. The van der Waals surface area contributed by atoms with E-state index in [1.807, 2.05) is 19.1 Å². The molecule has 142 valence electrons. The number of aryl methyl sites for hydroxylation is 2. The number of piperazine rings is 1.